The highest BCUT2D eigenvalue weighted by atomic mass is 79.9. The molecule has 3 aromatic rings. The molecule has 0 bridgehead atoms. The van der Waals surface area contributed by atoms with Crippen molar-refractivity contribution in [1.82, 2.24) is 24.7 Å². The molecule has 17 heteroatoms. The van der Waals surface area contributed by atoms with Crippen LogP contribution >= 0.6 is 39.1 Å². The van der Waals surface area contributed by atoms with Crippen molar-refractivity contribution in [3.05, 3.63) is 44.0 Å². The van der Waals surface area contributed by atoms with Gasteiger partial charge in [0.2, 0.25) is 17.2 Å². The Morgan fingerprint density at radius 2 is 1.80 bits per heavy atom. The summed E-state index contributed by atoms with van der Waals surface area (Å²) in [5, 5.41) is 18.2. The number of ether oxygens (including phenoxy) is 1. The molecule has 0 aliphatic heterocycles. The molecule has 0 fully saturated rings. The largest absolute Gasteiger partial charge is 0.459 e. The van der Waals surface area contributed by atoms with Gasteiger partial charge in [-0.1, -0.05) is 11.6 Å². The molecule has 41 heavy (non-hydrogen) atoms. The predicted molar refractivity (Wildman–Crippen MR) is 149 cm³/mol. The summed E-state index contributed by atoms with van der Waals surface area (Å²) in [5.41, 5.74) is -2.62. The van der Waals surface area contributed by atoms with Gasteiger partial charge in [-0.2, -0.15) is 38.5 Å². The van der Waals surface area contributed by atoms with E-state index in [-0.39, 0.29) is 33.1 Å². The zero-order chi connectivity index (χ0) is 31.3. The van der Waals surface area contributed by atoms with Crippen molar-refractivity contribution in [3.63, 3.8) is 0 Å². The van der Waals surface area contributed by atoms with E-state index in [4.69, 9.17) is 33.2 Å². The minimum absolute atomic E-state index is 0.0854. The number of anilines is 2. The Kier molecular flexibility index (Phi) is 11.3. The van der Waals surface area contributed by atoms with Gasteiger partial charge in [0, 0.05) is 19.2 Å². The summed E-state index contributed by atoms with van der Waals surface area (Å²) in [6, 6.07) is 3.94. The van der Waals surface area contributed by atoms with Gasteiger partial charge in [-0.25, -0.2) is 9.18 Å². The van der Waals surface area contributed by atoms with E-state index >= 15 is 0 Å². The molecule has 0 saturated carbocycles. The fourth-order valence-electron chi connectivity index (χ4n) is 3.09. The number of esters is 1. The van der Waals surface area contributed by atoms with Gasteiger partial charge in [0.05, 0.1) is 27.2 Å². The average molecular weight is 684 g/mol. The lowest BCUT2D eigenvalue weighted by Gasteiger charge is -2.17. The minimum Gasteiger partial charge on any atom is -0.459 e. The van der Waals surface area contributed by atoms with E-state index in [1.54, 1.807) is 27.7 Å². The van der Waals surface area contributed by atoms with Crippen LogP contribution in [-0.2, 0) is 18.0 Å². The zero-order valence-corrected chi connectivity index (χ0v) is 25.7. The summed E-state index contributed by atoms with van der Waals surface area (Å²) in [6.07, 6.45) is -5.14. The van der Waals surface area contributed by atoms with E-state index in [2.05, 4.69) is 52.7 Å². The van der Waals surface area contributed by atoms with Gasteiger partial charge < -0.3 is 15.4 Å². The summed E-state index contributed by atoms with van der Waals surface area (Å²) in [7, 11) is 1.08. The number of nitrogens with one attached hydrogen (secondary N) is 2. The van der Waals surface area contributed by atoms with Gasteiger partial charge in [-0.15, -0.1) is 0 Å². The summed E-state index contributed by atoms with van der Waals surface area (Å²) < 4.78 is 58.6. The Hall–Kier alpha value is -3.22. The molecule has 0 aliphatic rings. The second-order valence-corrected chi connectivity index (χ2v) is 10.6. The molecular weight excluding hydrogens is 659 g/mol. The third kappa shape index (κ3) is 9.14. The number of alkyl halides is 3. The molecule has 0 unspecified atom stereocenters. The quantitative estimate of drug-likeness (QED) is 0.202. The van der Waals surface area contributed by atoms with Gasteiger partial charge in [0.1, 0.15) is 17.1 Å². The molecule has 2 aromatic heterocycles. The number of aromatic nitrogens is 5. The number of carbonyl (C=O) groups is 1. The maximum atomic E-state index is 14.3. The molecule has 0 atom stereocenters. The Morgan fingerprint density at radius 1 is 1.20 bits per heavy atom. The smallest absolute Gasteiger partial charge is 0.434 e. The average Bonchev–Trinajstić information content (AvgIpc) is 3.12. The van der Waals surface area contributed by atoms with Crippen LogP contribution < -0.4 is 10.6 Å². The summed E-state index contributed by atoms with van der Waals surface area (Å²) in [4.78, 5) is 23.9. The van der Waals surface area contributed by atoms with Crippen molar-refractivity contribution in [2.24, 2.45) is 7.05 Å². The van der Waals surface area contributed by atoms with Crippen LogP contribution in [-0.4, -0.2) is 48.9 Å². The fourth-order valence-corrected chi connectivity index (χ4v) is 4.26. The lowest BCUT2D eigenvalue weighted by atomic mass is 10.1. The fraction of sp³-hybridized carbons (Fsp3) is 0.417. The molecule has 222 valence electrons. The van der Waals surface area contributed by atoms with E-state index in [0.29, 0.717) is 17.2 Å². The number of hydrogen-bond donors (Lipinski definition) is 2. The lowest BCUT2D eigenvalue weighted by molar-refractivity contribution is -0.144. The SMILES string of the molecule is CC(C)OC(=O)c1cc(-c2nn(C)c(C(F)(F)F)c2Br)c(F)cc1Cl.CCNc1nc(Cl)nc(NC(C)(C)C#N)n1. The van der Waals surface area contributed by atoms with Crippen molar-refractivity contribution in [1.29, 1.82) is 5.26 Å². The Bertz CT molecular complexity index is 1460. The molecular formula is C24H25BrCl2F4N8O2. The minimum atomic E-state index is -4.69. The van der Waals surface area contributed by atoms with Crippen LogP contribution in [0.4, 0.5) is 29.5 Å². The van der Waals surface area contributed by atoms with Crippen molar-refractivity contribution in [2.75, 3.05) is 17.2 Å². The maximum Gasteiger partial charge on any atom is 0.434 e. The third-order valence-corrected chi connectivity index (χ3v) is 6.01. The Morgan fingerprint density at radius 3 is 2.32 bits per heavy atom. The summed E-state index contributed by atoms with van der Waals surface area (Å²) >= 11 is 14.4. The monoisotopic (exact) mass is 682 g/mol. The molecule has 0 saturated heterocycles. The van der Waals surface area contributed by atoms with Crippen molar-refractivity contribution < 1.29 is 27.1 Å². The lowest BCUT2D eigenvalue weighted by Crippen LogP contribution is -2.29. The van der Waals surface area contributed by atoms with E-state index in [0.717, 1.165) is 19.2 Å². The van der Waals surface area contributed by atoms with Crippen LogP contribution in [0.2, 0.25) is 10.3 Å². The Labute approximate surface area is 251 Å². The standard InChI is InChI=1S/C15H12BrClF4N2O2.C9H13ClN6/c1-6(2)25-14(24)7-4-8(10(18)5-9(7)17)12-11(16)13(15(19,20)21)23(3)22-12;1-4-12-7-13-6(10)14-8(15-7)16-9(2,3)5-11/h4-6H,1-3H3;4H2,1-3H3,(H2,12,13,14,15,16). The number of nitriles is 1. The first kappa shape index (κ1) is 34.0. The van der Waals surface area contributed by atoms with Gasteiger partial charge >= 0.3 is 12.1 Å². The number of benzene rings is 1. The van der Waals surface area contributed by atoms with Crippen LogP contribution in [0.25, 0.3) is 11.3 Å². The van der Waals surface area contributed by atoms with E-state index in [9.17, 15) is 22.4 Å². The first-order valence-corrected chi connectivity index (χ1v) is 13.3. The van der Waals surface area contributed by atoms with E-state index < -0.39 is 39.8 Å². The number of halogens is 7. The molecule has 0 aliphatic carbocycles. The second-order valence-electron chi connectivity index (χ2n) is 9.04. The molecule has 2 heterocycles. The van der Waals surface area contributed by atoms with Crippen LogP contribution in [0, 0.1) is 17.1 Å². The molecule has 3 rings (SSSR count). The topological polar surface area (TPSA) is 131 Å². The maximum absolute atomic E-state index is 14.3. The van der Waals surface area contributed by atoms with Crippen LogP contribution in [0.5, 0.6) is 0 Å². The first-order valence-electron chi connectivity index (χ1n) is 11.7. The van der Waals surface area contributed by atoms with Crippen molar-refractivity contribution in [2.45, 2.75) is 52.4 Å². The molecule has 0 amide bonds. The number of carbonyl (C=O) groups excluding carboxylic acids is 1. The van der Waals surface area contributed by atoms with Gasteiger partial charge in [-0.3, -0.25) is 4.68 Å². The van der Waals surface area contributed by atoms with Crippen LogP contribution in [0.1, 0.15) is 50.7 Å². The number of aryl methyl sites for hydroxylation is 1. The third-order valence-electron chi connectivity index (χ3n) is 4.78. The number of nitrogens with zero attached hydrogens (tertiary/aromatic N) is 6. The molecule has 1 aromatic carbocycles. The normalized spacial score (nSPS) is 11.4. The molecule has 0 spiro atoms. The molecule has 0 radical (unpaired) electrons. The van der Waals surface area contributed by atoms with Gasteiger partial charge in [0.25, 0.3) is 0 Å². The van der Waals surface area contributed by atoms with Crippen molar-refractivity contribution >= 4 is 57.0 Å². The zero-order valence-electron chi connectivity index (χ0n) is 22.6. The van der Waals surface area contributed by atoms with E-state index in [1.165, 1.54) is 0 Å². The summed E-state index contributed by atoms with van der Waals surface area (Å²) in [6.45, 7) is 9.27. The predicted octanol–water partition coefficient (Wildman–Crippen LogP) is 6.90. The van der Waals surface area contributed by atoms with Crippen LogP contribution in [0.3, 0.4) is 0 Å². The summed E-state index contributed by atoms with van der Waals surface area (Å²) in [5.74, 6) is -1.07. The highest BCUT2D eigenvalue weighted by molar-refractivity contribution is 9.10. The number of hydrogen-bond acceptors (Lipinski definition) is 9. The number of rotatable bonds is 7. The van der Waals surface area contributed by atoms with Gasteiger partial charge in [-0.05, 0) is 74.3 Å². The van der Waals surface area contributed by atoms with E-state index in [1.807, 2.05) is 6.92 Å². The highest BCUT2D eigenvalue weighted by Crippen LogP contribution is 2.41. The van der Waals surface area contributed by atoms with Gasteiger partial charge in [0.15, 0.2) is 5.69 Å². The second kappa shape index (κ2) is 13.6. The highest BCUT2D eigenvalue weighted by Gasteiger charge is 2.39. The molecule has 2 N–H and O–H groups in total. The van der Waals surface area contributed by atoms with Crippen molar-refractivity contribution in [3.8, 4) is 17.3 Å². The Balaban J connectivity index is 0.000000317. The first-order chi connectivity index (χ1) is 18.9. The van der Waals surface area contributed by atoms with Crippen LogP contribution in [0.15, 0.2) is 16.6 Å². The molecule has 10 nitrogen and oxygen atoms in total.